The first-order valence-electron chi connectivity index (χ1n) is 8.91. The van der Waals surface area contributed by atoms with Crippen molar-refractivity contribution in [3.8, 4) is 11.6 Å². The summed E-state index contributed by atoms with van der Waals surface area (Å²) >= 11 is 4.97. The van der Waals surface area contributed by atoms with Gasteiger partial charge < -0.3 is 15.0 Å². The van der Waals surface area contributed by atoms with Gasteiger partial charge in [0.1, 0.15) is 11.6 Å². The molecule has 2 aromatic carbocycles. The van der Waals surface area contributed by atoms with Gasteiger partial charge in [0, 0.05) is 24.4 Å². The van der Waals surface area contributed by atoms with E-state index in [9.17, 15) is 14.0 Å². The number of amides is 1. The monoisotopic (exact) mass is 422 g/mol. The molecule has 0 aliphatic carbocycles. The van der Waals surface area contributed by atoms with Crippen molar-refractivity contribution >= 4 is 29.0 Å². The van der Waals surface area contributed by atoms with Gasteiger partial charge in [-0.2, -0.15) is 0 Å². The maximum atomic E-state index is 13.0. The van der Waals surface area contributed by atoms with Gasteiger partial charge in [-0.3, -0.25) is 14.6 Å². The van der Waals surface area contributed by atoms with Crippen molar-refractivity contribution in [2.75, 3.05) is 0 Å². The topological polar surface area (TPSA) is 99.9 Å². The molecule has 0 radical (unpaired) electrons. The average molecular weight is 422 g/mol. The molecular formula is C21H15FN4O3S. The Morgan fingerprint density at radius 1 is 1.10 bits per heavy atom. The Kier molecular flexibility index (Phi) is 5.36. The van der Waals surface area contributed by atoms with Gasteiger partial charge in [0.05, 0.1) is 10.9 Å². The SMILES string of the molecule is O=C(NCc1ccnc(Oc2ccc(F)cc2)c1)c1ccc2c(=O)[nH]c(=S)[nH]c2c1. The molecule has 0 saturated carbocycles. The van der Waals surface area contributed by atoms with Crippen molar-refractivity contribution in [2.24, 2.45) is 0 Å². The zero-order valence-electron chi connectivity index (χ0n) is 15.4. The van der Waals surface area contributed by atoms with Gasteiger partial charge >= 0.3 is 0 Å². The summed E-state index contributed by atoms with van der Waals surface area (Å²) in [7, 11) is 0. The first kappa shape index (κ1) is 19.5. The van der Waals surface area contributed by atoms with E-state index in [2.05, 4.69) is 20.3 Å². The first-order chi connectivity index (χ1) is 14.5. The molecule has 0 saturated heterocycles. The van der Waals surface area contributed by atoms with E-state index in [0.29, 0.717) is 28.1 Å². The number of carbonyl (C=O) groups is 1. The van der Waals surface area contributed by atoms with Crippen molar-refractivity contribution in [1.29, 1.82) is 0 Å². The lowest BCUT2D eigenvalue weighted by Crippen LogP contribution is -2.23. The number of halogens is 1. The smallest absolute Gasteiger partial charge is 0.259 e. The number of nitrogens with one attached hydrogen (secondary N) is 3. The van der Waals surface area contributed by atoms with Gasteiger partial charge in [-0.05, 0) is 66.3 Å². The van der Waals surface area contributed by atoms with Crippen LogP contribution in [0.3, 0.4) is 0 Å². The molecule has 0 bridgehead atoms. The summed E-state index contributed by atoms with van der Waals surface area (Å²) in [6.07, 6.45) is 1.56. The number of rotatable bonds is 5. The fourth-order valence-electron chi connectivity index (χ4n) is 2.83. The number of pyridine rings is 1. The summed E-state index contributed by atoms with van der Waals surface area (Å²) in [5, 5.41) is 3.22. The molecule has 0 aliphatic heterocycles. The zero-order chi connectivity index (χ0) is 21.1. The molecule has 3 N–H and O–H groups in total. The number of hydrogen-bond acceptors (Lipinski definition) is 5. The van der Waals surface area contributed by atoms with Crippen LogP contribution in [-0.2, 0) is 6.54 Å². The van der Waals surface area contributed by atoms with Crippen LogP contribution in [0.2, 0.25) is 0 Å². The molecule has 2 aromatic heterocycles. The highest BCUT2D eigenvalue weighted by molar-refractivity contribution is 7.71. The molecule has 0 spiro atoms. The van der Waals surface area contributed by atoms with E-state index in [0.717, 1.165) is 5.56 Å². The Bertz CT molecular complexity index is 1350. The van der Waals surface area contributed by atoms with Crippen LogP contribution >= 0.6 is 12.2 Å². The minimum Gasteiger partial charge on any atom is -0.439 e. The van der Waals surface area contributed by atoms with Crippen molar-refractivity contribution in [1.82, 2.24) is 20.3 Å². The van der Waals surface area contributed by atoms with Crippen LogP contribution in [0.1, 0.15) is 15.9 Å². The molecule has 0 aliphatic rings. The largest absolute Gasteiger partial charge is 0.439 e. The van der Waals surface area contributed by atoms with Crippen LogP contribution in [0.25, 0.3) is 10.9 Å². The number of aromatic nitrogens is 3. The number of nitrogens with zero attached hydrogens (tertiary/aromatic N) is 1. The van der Waals surface area contributed by atoms with Crippen molar-refractivity contribution in [2.45, 2.75) is 6.54 Å². The lowest BCUT2D eigenvalue weighted by Gasteiger charge is -2.08. The van der Waals surface area contributed by atoms with Gasteiger partial charge in [0.15, 0.2) is 4.77 Å². The molecule has 4 rings (SSSR count). The van der Waals surface area contributed by atoms with Gasteiger partial charge in [-0.1, -0.05) is 0 Å². The van der Waals surface area contributed by atoms with Crippen LogP contribution in [0.15, 0.2) is 65.6 Å². The molecular weight excluding hydrogens is 407 g/mol. The Morgan fingerprint density at radius 2 is 1.90 bits per heavy atom. The van der Waals surface area contributed by atoms with Crippen molar-refractivity contribution in [3.63, 3.8) is 0 Å². The molecule has 1 amide bonds. The molecule has 0 fully saturated rings. The van der Waals surface area contributed by atoms with E-state index >= 15 is 0 Å². The summed E-state index contributed by atoms with van der Waals surface area (Å²) in [5.74, 6) is 0.111. The lowest BCUT2D eigenvalue weighted by atomic mass is 10.1. The Hall–Kier alpha value is -3.85. The fraction of sp³-hybridized carbons (Fsp3) is 0.0476. The number of aromatic amines is 2. The second-order valence-electron chi connectivity index (χ2n) is 6.41. The van der Waals surface area contributed by atoms with Gasteiger partial charge in [0.2, 0.25) is 5.88 Å². The van der Waals surface area contributed by atoms with Gasteiger partial charge in [-0.15, -0.1) is 0 Å². The van der Waals surface area contributed by atoms with Gasteiger partial charge in [0.25, 0.3) is 11.5 Å². The van der Waals surface area contributed by atoms with Crippen LogP contribution in [0.5, 0.6) is 11.6 Å². The molecule has 2 heterocycles. The fourth-order valence-corrected chi connectivity index (χ4v) is 3.04. The van der Waals surface area contributed by atoms with E-state index in [4.69, 9.17) is 17.0 Å². The minimum atomic E-state index is -0.355. The highest BCUT2D eigenvalue weighted by Gasteiger charge is 2.09. The zero-order valence-corrected chi connectivity index (χ0v) is 16.3. The number of carbonyl (C=O) groups excluding carboxylic acids is 1. The summed E-state index contributed by atoms with van der Waals surface area (Å²) < 4.78 is 18.8. The molecule has 150 valence electrons. The van der Waals surface area contributed by atoms with E-state index in [1.807, 2.05) is 0 Å². The van der Waals surface area contributed by atoms with Crippen molar-refractivity contribution in [3.05, 3.63) is 92.9 Å². The Balaban J connectivity index is 1.46. The lowest BCUT2D eigenvalue weighted by molar-refractivity contribution is 0.0951. The summed E-state index contributed by atoms with van der Waals surface area (Å²) in [6, 6.07) is 13.7. The summed E-state index contributed by atoms with van der Waals surface area (Å²) in [6.45, 7) is 0.241. The minimum absolute atomic E-state index is 0.190. The molecule has 30 heavy (non-hydrogen) atoms. The quantitative estimate of drug-likeness (QED) is 0.425. The van der Waals surface area contributed by atoms with Crippen LogP contribution in [0, 0.1) is 10.6 Å². The van der Waals surface area contributed by atoms with Crippen molar-refractivity contribution < 1.29 is 13.9 Å². The predicted molar refractivity (Wildman–Crippen MR) is 112 cm³/mol. The average Bonchev–Trinajstić information content (AvgIpc) is 2.73. The number of ether oxygens (including phenoxy) is 1. The molecule has 0 unspecified atom stereocenters. The van der Waals surface area contributed by atoms with E-state index in [1.165, 1.54) is 24.3 Å². The first-order valence-corrected chi connectivity index (χ1v) is 9.32. The number of benzene rings is 2. The molecule has 4 aromatic rings. The van der Waals surface area contributed by atoms with Crippen LogP contribution in [0.4, 0.5) is 4.39 Å². The second-order valence-corrected chi connectivity index (χ2v) is 6.82. The van der Waals surface area contributed by atoms with E-state index < -0.39 is 0 Å². The molecule has 9 heteroatoms. The van der Waals surface area contributed by atoms with E-state index in [1.54, 1.807) is 36.5 Å². The standard InChI is InChI=1S/C21H15FN4O3S/c22-14-2-4-15(5-3-14)29-18-9-12(7-8-23-18)11-24-19(27)13-1-6-16-17(10-13)25-21(30)26-20(16)28/h1-10H,11H2,(H,24,27)(H2,25,26,28,30). The normalized spacial score (nSPS) is 10.7. The number of H-pyrrole nitrogens is 2. The Morgan fingerprint density at radius 3 is 2.70 bits per heavy atom. The predicted octanol–water partition coefficient (Wildman–Crippen LogP) is 3.84. The van der Waals surface area contributed by atoms with Gasteiger partial charge in [-0.25, -0.2) is 9.37 Å². The number of fused-ring (bicyclic) bond motifs is 1. The molecule has 7 nitrogen and oxygen atoms in total. The highest BCUT2D eigenvalue weighted by Crippen LogP contribution is 2.20. The van der Waals surface area contributed by atoms with E-state index in [-0.39, 0.29) is 28.6 Å². The summed E-state index contributed by atoms with van der Waals surface area (Å²) in [4.78, 5) is 33.9. The van der Waals surface area contributed by atoms with Crippen LogP contribution < -0.4 is 15.6 Å². The third-order valence-corrected chi connectivity index (χ3v) is 4.49. The highest BCUT2D eigenvalue weighted by atomic mass is 32.1. The molecule has 0 atom stereocenters. The second kappa shape index (κ2) is 8.26. The maximum Gasteiger partial charge on any atom is 0.259 e. The Labute approximate surface area is 174 Å². The summed E-state index contributed by atoms with van der Waals surface area (Å²) in [5.41, 5.74) is 1.32. The third-order valence-electron chi connectivity index (χ3n) is 4.29. The third kappa shape index (κ3) is 4.41. The maximum absolute atomic E-state index is 13.0. The van der Waals surface area contributed by atoms with Crippen LogP contribution in [-0.4, -0.2) is 20.9 Å². The number of hydrogen-bond donors (Lipinski definition) is 3.